The molecule has 2 N–H and O–H groups in total. The smallest absolute Gasteiger partial charge is 0.240 e. The van der Waals surface area contributed by atoms with Crippen LogP contribution in [0.1, 0.15) is 32.1 Å². The van der Waals surface area contributed by atoms with Crippen LogP contribution in [0.5, 0.6) is 0 Å². The maximum absolute atomic E-state index is 12.6. The first-order valence-corrected chi connectivity index (χ1v) is 6.84. The van der Waals surface area contributed by atoms with Crippen molar-refractivity contribution in [3.05, 3.63) is 23.2 Å². The van der Waals surface area contributed by atoms with Gasteiger partial charge in [0.1, 0.15) is 0 Å². The van der Waals surface area contributed by atoms with E-state index in [1.807, 2.05) is 0 Å². The van der Waals surface area contributed by atoms with E-state index >= 15 is 0 Å². The average molecular weight is 279 g/mol. The highest BCUT2D eigenvalue weighted by molar-refractivity contribution is 6.36. The first-order chi connectivity index (χ1) is 9.03. The van der Waals surface area contributed by atoms with Crippen molar-refractivity contribution in [2.75, 3.05) is 10.6 Å². The number of anilines is 2. The van der Waals surface area contributed by atoms with Gasteiger partial charge in [0.2, 0.25) is 11.8 Å². The normalized spacial score (nSPS) is 21.6. The minimum atomic E-state index is -0.470. The highest BCUT2D eigenvalue weighted by Gasteiger charge is 2.53. The van der Waals surface area contributed by atoms with Crippen LogP contribution in [0.15, 0.2) is 18.2 Å². The quantitative estimate of drug-likeness (QED) is 0.635. The predicted molar refractivity (Wildman–Crippen MR) is 73.9 cm³/mol. The fraction of sp³-hybridized carbons (Fsp3) is 0.429. The molecular formula is C14H15ClN2O2. The molecule has 1 saturated heterocycles. The summed E-state index contributed by atoms with van der Waals surface area (Å²) in [6.45, 7) is 0. The predicted octanol–water partition coefficient (Wildman–Crippen LogP) is 2.75. The number of nitrogens with zero attached hydrogens (tertiary/aromatic N) is 1. The Morgan fingerprint density at radius 2 is 1.89 bits per heavy atom. The third kappa shape index (κ3) is 1.82. The third-order valence-electron chi connectivity index (χ3n) is 4.17. The van der Waals surface area contributed by atoms with Gasteiger partial charge in [0.25, 0.3) is 0 Å². The molecule has 100 valence electrons. The highest BCUT2D eigenvalue weighted by Crippen LogP contribution is 2.48. The van der Waals surface area contributed by atoms with Crippen LogP contribution >= 0.6 is 11.6 Å². The first-order valence-electron chi connectivity index (χ1n) is 6.46. The van der Waals surface area contributed by atoms with E-state index in [0.29, 0.717) is 22.8 Å². The largest absolute Gasteiger partial charge is 0.399 e. The van der Waals surface area contributed by atoms with Crippen molar-refractivity contribution >= 4 is 34.8 Å². The van der Waals surface area contributed by atoms with Gasteiger partial charge >= 0.3 is 0 Å². The summed E-state index contributed by atoms with van der Waals surface area (Å²) in [5, 5.41) is 0.344. The van der Waals surface area contributed by atoms with E-state index in [2.05, 4.69) is 0 Å². The zero-order valence-corrected chi connectivity index (χ0v) is 11.2. The van der Waals surface area contributed by atoms with Crippen molar-refractivity contribution in [1.29, 1.82) is 0 Å². The second-order valence-electron chi connectivity index (χ2n) is 5.41. The van der Waals surface area contributed by atoms with E-state index < -0.39 is 5.41 Å². The van der Waals surface area contributed by atoms with Crippen molar-refractivity contribution in [3.63, 3.8) is 0 Å². The molecule has 19 heavy (non-hydrogen) atoms. The molecule has 4 nitrogen and oxygen atoms in total. The van der Waals surface area contributed by atoms with Gasteiger partial charge in [-0.2, -0.15) is 0 Å². The van der Waals surface area contributed by atoms with E-state index in [1.54, 1.807) is 18.2 Å². The number of hydrogen-bond acceptors (Lipinski definition) is 3. The number of benzene rings is 1. The fourth-order valence-electron chi connectivity index (χ4n) is 3.19. The lowest BCUT2D eigenvalue weighted by Crippen LogP contribution is -2.34. The average Bonchev–Trinajstić information content (AvgIpc) is 2.89. The number of carbonyl (C=O) groups excluding carboxylic acids is 2. The van der Waals surface area contributed by atoms with Gasteiger partial charge in [-0.1, -0.05) is 24.4 Å². The minimum Gasteiger partial charge on any atom is -0.399 e. The highest BCUT2D eigenvalue weighted by atomic mass is 35.5. The number of carbonyl (C=O) groups is 2. The molecule has 2 aliphatic rings. The lowest BCUT2D eigenvalue weighted by Gasteiger charge is -2.21. The molecule has 2 amide bonds. The Bertz CT molecular complexity index is 565. The van der Waals surface area contributed by atoms with Gasteiger partial charge < -0.3 is 5.73 Å². The standard InChI is InChI=1S/C14H15ClN2O2/c15-10-7-9(16)3-4-11(10)17-12(18)8-14(13(17)19)5-1-2-6-14/h3-4,7H,1-2,5-6,8,16H2. The van der Waals surface area contributed by atoms with Crippen LogP contribution in [0.3, 0.4) is 0 Å². The van der Waals surface area contributed by atoms with Crippen LogP contribution in [-0.2, 0) is 9.59 Å². The molecule has 1 spiro atoms. The van der Waals surface area contributed by atoms with Gasteiger partial charge in [-0.15, -0.1) is 0 Å². The van der Waals surface area contributed by atoms with Gasteiger partial charge in [0.15, 0.2) is 0 Å². The Labute approximate surface area is 116 Å². The monoisotopic (exact) mass is 278 g/mol. The second-order valence-corrected chi connectivity index (χ2v) is 5.82. The summed E-state index contributed by atoms with van der Waals surface area (Å²) in [7, 11) is 0. The molecule has 1 aromatic carbocycles. The van der Waals surface area contributed by atoms with Crippen molar-refractivity contribution in [2.24, 2.45) is 5.41 Å². The van der Waals surface area contributed by atoms with Crippen LogP contribution < -0.4 is 10.6 Å². The fourth-order valence-corrected chi connectivity index (χ4v) is 3.46. The van der Waals surface area contributed by atoms with Gasteiger partial charge in [0.05, 0.1) is 16.1 Å². The lowest BCUT2D eigenvalue weighted by atomic mass is 9.84. The molecule has 0 radical (unpaired) electrons. The summed E-state index contributed by atoms with van der Waals surface area (Å²) in [4.78, 5) is 26.0. The van der Waals surface area contributed by atoms with Crippen molar-refractivity contribution in [3.8, 4) is 0 Å². The molecule has 0 unspecified atom stereocenters. The summed E-state index contributed by atoms with van der Waals surface area (Å²) in [6, 6.07) is 4.86. The minimum absolute atomic E-state index is 0.0957. The number of nitrogen functional groups attached to an aromatic ring is 1. The van der Waals surface area contributed by atoms with Crippen LogP contribution in [-0.4, -0.2) is 11.8 Å². The van der Waals surface area contributed by atoms with Gasteiger partial charge in [-0.25, -0.2) is 4.90 Å². The molecule has 5 heteroatoms. The number of rotatable bonds is 1. The molecular weight excluding hydrogens is 264 g/mol. The molecule has 1 saturated carbocycles. The Morgan fingerprint density at radius 3 is 2.53 bits per heavy atom. The van der Waals surface area contributed by atoms with E-state index in [0.717, 1.165) is 25.7 Å². The van der Waals surface area contributed by atoms with Crippen LogP contribution in [0.4, 0.5) is 11.4 Å². The van der Waals surface area contributed by atoms with Gasteiger partial charge in [0, 0.05) is 12.1 Å². The van der Waals surface area contributed by atoms with Gasteiger partial charge in [-0.3, -0.25) is 9.59 Å². The van der Waals surface area contributed by atoms with Crippen LogP contribution in [0, 0.1) is 5.41 Å². The van der Waals surface area contributed by atoms with E-state index in [4.69, 9.17) is 17.3 Å². The molecule has 0 aromatic heterocycles. The van der Waals surface area contributed by atoms with Crippen LogP contribution in [0.2, 0.25) is 5.02 Å². The zero-order valence-electron chi connectivity index (χ0n) is 10.5. The SMILES string of the molecule is Nc1ccc(N2C(=O)CC3(CCCC3)C2=O)c(Cl)c1. The second kappa shape index (κ2) is 4.23. The Balaban J connectivity index is 2.01. The van der Waals surface area contributed by atoms with E-state index in [-0.39, 0.29) is 11.8 Å². The molecule has 0 atom stereocenters. The van der Waals surface area contributed by atoms with E-state index in [9.17, 15) is 9.59 Å². The summed E-state index contributed by atoms with van der Waals surface area (Å²) < 4.78 is 0. The van der Waals surface area contributed by atoms with Crippen molar-refractivity contribution < 1.29 is 9.59 Å². The summed E-state index contributed by atoms with van der Waals surface area (Å²) in [5.74, 6) is -0.250. The Hall–Kier alpha value is -1.55. The van der Waals surface area contributed by atoms with E-state index in [1.165, 1.54) is 4.90 Å². The number of nitrogens with two attached hydrogens (primary N) is 1. The number of halogens is 1. The van der Waals surface area contributed by atoms with Gasteiger partial charge in [-0.05, 0) is 31.0 Å². The topological polar surface area (TPSA) is 63.4 Å². The zero-order chi connectivity index (χ0) is 13.6. The Kier molecular flexibility index (Phi) is 2.78. The van der Waals surface area contributed by atoms with Crippen molar-refractivity contribution in [1.82, 2.24) is 0 Å². The third-order valence-corrected chi connectivity index (χ3v) is 4.47. The van der Waals surface area contributed by atoms with Crippen molar-refractivity contribution in [2.45, 2.75) is 32.1 Å². The summed E-state index contributed by atoms with van der Waals surface area (Å²) in [5.41, 5.74) is 6.14. The number of amides is 2. The summed E-state index contributed by atoms with van der Waals surface area (Å²) in [6.07, 6.45) is 3.96. The maximum Gasteiger partial charge on any atom is 0.240 e. The number of hydrogen-bond donors (Lipinski definition) is 1. The molecule has 2 fully saturated rings. The molecule has 1 aliphatic heterocycles. The first kappa shape index (κ1) is 12.5. The number of imide groups is 1. The molecule has 0 bridgehead atoms. The maximum atomic E-state index is 12.6. The molecule has 1 aliphatic carbocycles. The lowest BCUT2D eigenvalue weighted by molar-refractivity contribution is -0.125. The van der Waals surface area contributed by atoms with Crippen LogP contribution in [0.25, 0.3) is 0 Å². The molecule has 1 aromatic rings. The molecule has 1 heterocycles. The molecule has 3 rings (SSSR count). The Morgan fingerprint density at radius 1 is 1.21 bits per heavy atom. The summed E-state index contributed by atoms with van der Waals surface area (Å²) >= 11 is 6.11.